The Morgan fingerprint density at radius 2 is 1.76 bits per heavy atom. The molecule has 0 spiro atoms. The highest BCUT2D eigenvalue weighted by Gasteiger charge is 2.55. The quantitative estimate of drug-likeness (QED) is 0.789. The van der Waals surface area contributed by atoms with Crippen LogP contribution in [0.15, 0.2) is 54.3 Å². The Morgan fingerprint density at radius 3 is 2.29 bits per heavy atom. The van der Waals surface area contributed by atoms with Gasteiger partial charge in [0.05, 0.1) is 5.76 Å². The fraction of sp³-hybridized carbons (Fsp3) is 0.231. The van der Waals surface area contributed by atoms with Crippen LogP contribution in [0.3, 0.4) is 0 Å². The maximum atomic E-state index is 13.3. The fourth-order valence-electron chi connectivity index (χ4n) is 2.02. The molecule has 1 aliphatic rings. The Labute approximate surface area is 96.9 Å². The summed E-state index contributed by atoms with van der Waals surface area (Å²) < 4.78 is 39.8. The van der Waals surface area contributed by atoms with Crippen LogP contribution in [0.2, 0.25) is 0 Å². The van der Waals surface area contributed by atoms with Crippen LogP contribution in [0.5, 0.6) is 0 Å². The standard InChI is InChI=1S/C13H11F3O/c14-13(15,16)12(8-4-7-11(17)9-12)10-5-2-1-3-6-10/h1-8,17H,9H2. The molecule has 2 rings (SSSR count). The molecule has 1 aromatic carbocycles. The van der Waals surface area contributed by atoms with E-state index in [9.17, 15) is 18.3 Å². The Hall–Kier alpha value is -1.71. The van der Waals surface area contributed by atoms with Crippen LogP contribution in [-0.2, 0) is 5.41 Å². The van der Waals surface area contributed by atoms with Crippen LogP contribution >= 0.6 is 0 Å². The molecule has 1 unspecified atom stereocenters. The van der Waals surface area contributed by atoms with Crippen molar-refractivity contribution in [3.63, 3.8) is 0 Å². The molecule has 0 saturated carbocycles. The second-order valence-electron chi connectivity index (χ2n) is 4.03. The smallest absolute Gasteiger partial charge is 0.402 e. The number of halogens is 3. The molecule has 0 radical (unpaired) electrons. The zero-order chi connectivity index (χ0) is 12.5. The van der Waals surface area contributed by atoms with Gasteiger partial charge in [-0.1, -0.05) is 42.5 Å². The minimum absolute atomic E-state index is 0.142. The van der Waals surface area contributed by atoms with E-state index in [-0.39, 0.29) is 11.3 Å². The Bertz CT molecular complexity index is 459. The van der Waals surface area contributed by atoms with Crippen LogP contribution < -0.4 is 0 Å². The van der Waals surface area contributed by atoms with E-state index in [0.717, 1.165) is 6.08 Å². The van der Waals surface area contributed by atoms with Crippen LogP contribution in [0.4, 0.5) is 13.2 Å². The molecule has 0 bridgehead atoms. The Kier molecular flexibility index (Phi) is 2.73. The van der Waals surface area contributed by atoms with E-state index in [4.69, 9.17) is 0 Å². The van der Waals surface area contributed by atoms with Crippen LogP contribution in [0.25, 0.3) is 0 Å². The molecule has 1 aliphatic carbocycles. The maximum Gasteiger partial charge on any atom is 0.402 e. The highest BCUT2D eigenvalue weighted by molar-refractivity contribution is 5.38. The van der Waals surface area contributed by atoms with Crippen molar-refractivity contribution >= 4 is 0 Å². The van der Waals surface area contributed by atoms with Gasteiger partial charge in [-0.2, -0.15) is 13.2 Å². The zero-order valence-corrected chi connectivity index (χ0v) is 8.91. The molecule has 0 aromatic heterocycles. The maximum absolute atomic E-state index is 13.3. The Morgan fingerprint density at radius 1 is 1.12 bits per heavy atom. The first-order chi connectivity index (χ1) is 7.96. The molecule has 0 heterocycles. The zero-order valence-electron chi connectivity index (χ0n) is 8.91. The predicted octanol–water partition coefficient (Wildman–Crippen LogP) is 3.89. The first-order valence-electron chi connectivity index (χ1n) is 5.15. The largest absolute Gasteiger partial charge is 0.512 e. The molecular weight excluding hydrogens is 229 g/mol. The number of aliphatic hydroxyl groups excluding tert-OH is 1. The lowest BCUT2D eigenvalue weighted by atomic mass is 9.74. The van der Waals surface area contributed by atoms with E-state index in [1.165, 1.54) is 24.3 Å². The van der Waals surface area contributed by atoms with Gasteiger partial charge in [-0.25, -0.2) is 0 Å². The van der Waals surface area contributed by atoms with Crippen molar-refractivity contribution in [2.24, 2.45) is 0 Å². The molecule has 1 N–H and O–H groups in total. The van der Waals surface area contributed by atoms with Gasteiger partial charge >= 0.3 is 6.18 Å². The highest BCUT2D eigenvalue weighted by Crippen LogP contribution is 2.47. The van der Waals surface area contributed by atoms with Gasteiger partial charge in [0.2, 0.25) is 0 Å². The van der Waals surface area contributed by atoms with Crippen LogP contribution in [0.1, 0.15) is 12.0 Å². The van der Waals surface area contributed by atoms with Crippen molar-refractivity contribution in [1.29, 1.82) is 0 Å². The average molecular weight is 240 g/mol. The SMILES string of the molecule is OC1=CC=CC(c2ccccc2)(C(F)(F)F)C1. The summed E-state index contributed by atoms with van der Waals surface area (Å²) in [6, 6.07) is 7.64. The third kappa shape index (κ3) is 1.95. The molecule has 0 fully saturated rings. The molecule has 0 amide bonds. The van der Waals surface area contributed by atoms with E-state index < -0.39 is 18.0 Å². The van der Waals surface area contributed by atoms with Gasteiger partial charge in [-0.15, -0.1) is 0 Å². The lowest BCUT2D eigenvalue weighted by molar-refractivity contribution is -0.177. The summed E-state index contributed by atoms with van der Waals surface area (Å²) in [5, 5.41) is 9.38. The summed E-state index contributed by atoms with van der Waals surface area (Å²) in [5.74, 6) is -0.256. The lowest BCUT2D eigenvalue weighted by Crippen LogP contribution is -2.41. The summed E-state index contributed by atoms with van der Waals surface area (Å²) in [4.78, 5) is 0. The summed E-state index contributed by atoms with van der Waals surface area (Å²) in [6.45, 7) is 0. The molecule has 1 atom stereocenters. The monoisotopic (exact) mass is 240 g/mol. The first-order valence-corrected chi connectivity index (χ1v) is 5.15. The third-order valence-corrected chi connectivity index (χ3v) is 2.92. The average Bonchev–Trinajstić information content (AvgIpc) is 2.28. The van der Waals surface area contributed by atoms with E-state index >= 15 is 0 Å². The van der Waals surface area contributed by atoms with Gasteiger partial charge in [0.15, 0.2) is 0 Å². The van der Waals surface area contributed by atoms with Crippen molar-refractivity contribution in [3.8, 4) is 0 Å². The highest BCUT2D eigenvalue weighted by atomic mass is 19.4. The first kappa shape index (κ1) is 11.8. The number of hydrogen-bond donors (Lipinski definition) is 1. The van der Waals surface area contributed by atoms with Gasteiger partial charge in [0, 0.05) is 6.42 Å². The number of allylic oxidation sites excluding steroid dienone is 4. The lowest BCUT2D eigenvalue weighted by Gasteiger charge is -2.34. The van der Waals surface area contributed by atoms with E-state index in [2.05, 4.69) is 0 Å². The summed E-state index contributed by atoms with van der Waals surface area (Å²) in [5.41, 5.74) is -1.98. The summed E-state index contributed by atoms with van der Waals surface area (Å²) >= 11 is 0. The molecule has 0 saturated heterocycles. The van der Waals surface area contributed by atoms with Gasteiger partial charge < -0.3 is 5.11 Å². The second kappa shape index (κ2) is 3.95. The second-order valence-corrected chi connectivity index (χ2v) is 4.03. The topological polar surface area (TPSA) is 20.2 Å². The molecular formula is C13H11F3O. The molecule has 1 aromatic rings. The predicted molar refractivity (Wildman–Crippen MR) is 58.6 cm³/mol. The minimum Gasteiger partial charge on any atom is -0.512 e. The van der Waals surface area contributed by atoms with Crippen molar-refractivity contribution in [1.82, 2.24) is 0 Å². The third-order valence-electron chi connectivity index (χ3n) is 2.92. The summed E-state index contributed by atoms with van der Waals surface area (Å²) in [6.07, 6.45) is -1.25. The number of benzene rings is 1. The van der Waals surface area contributed by atoms with Crippen molar-refractivity contribution < 1.29 is 18.3 Å². The number of alkyl halides is 3. The van der Waals surface area contributed by atoms with Gasteiger partial charge in [0.25, 0.3) is 0 Å². The number of aliphatic hydroxyl groups is 1. The van der Waals surface area contributed by atoms with Gasteiger partial charge in [-0.3, -0.25) is 0 Å². The van der Waals surface area contributed by atoms with Gasteiger partial charge in [-0.05, 0) is 11.6 Å². The Balaban J connectivity index is 2.55. The van der Waals surface area contributed by atoms with Crippen molar-refractivity contribution in [2.75, 3.05) is 0 Å². The van der Waals surface area contributed by atoms with E-state index in [1.807, 2.05) is 0 Å². The van der Waals surface area contributed by atoms with Crippen molar-refractivity contribution in [3.05, 3.63) is 59.9 Å². The number of rotatable bonds is 1. The molecule has 1 nitrogen and oxygen atoms in total. The summed E-state index contributed by atoms with van der Waals surface area (Å²) in [7, 11) is 0. The molecule has 0 aliphatic heterocycles. The van der Waals surface area contributed by atoms with Crippen molar-refractivity contribution in [2.45, 2.75) is 18.0 Å². The normalized spacial score (nSPS) is 24.5. The van der Waals surface area contributed by atoms with Gasteiger partial charge in [0.1, 0.15) is 5.41 Å². The van der Waals surface area contributed by atoms with Crippen LogP contribution in [0, 0.1) is 0 Å². The fourth-order valence-corrected chi connectivity index (χ4v) is 2.02. The molecule has 17 heavy (non-hydrogen) atoms. The van der Waals surface area contributed by atoms with E-state index in [1.54, 1.807) is 18.2 Å². The minimum atomic E-state index is -4.44. The molecule has 90 valence electrons. The molecule has 4 heteroatoms. The van der Waals surface area contributed by atoms with E-state index in [0.29, 0.717) is 0 Å². The van der Waals surface area contributed by atoms with Crippen LogP contribution in [-0.4, -0.2) is 11.3 Å². The number of hydrogen-bond acceptors (Lipinski definition) is 1.